The zero-order valence-electron chi connectivity index (χ0n) is 10.5. The van der Waals surface area contributed by atoms with Gasteiger partial charge in [-0.05, 0) is 32.5 Å². The van der Waals surface area contributed by atoms with Crippen LogP contribution in [0.5, 0.6) is 0 Å². The first-order chi connectivity index (χ1) is 6.97. The molecule has 0 aromatic rings. The van der Waals surface area contributed by atoms with Crippen LogP contribution in [0.25, 0.3) is 0 Å². The topological polar surface area (TPSA) is 9.23 Å². The minimum Gasteiger partial charge on any atom is -0.408 e. The highest BCUT2D eigenvalue weighted by Gasteiger charge is 2.32. The van der Waals surface area contributed by atoms with Crippen LogP contribution in [0.1, 0.15) is 32.6 Å². The predicted octanol–water partition coefficient (Wildman–Crippen LogP) is 4.28. The van der Waals surface area contributed by atoms with E-state index in [2.05, 4.69) is 50.9 Å². The third-order valence-electron chi connectivity index (χ3n) is 2.57. The van der Waals surface area contributed by atoms with Gasteiger partial charge in [0.2, 0.25) is 0 Å². The Bertz CT molecular complexity index is 250. The summed E-state index contributed by atoms with van der Waals surface area (Å²) in [6.07, 6.45) is 13.5. The third kappa shape index (κ3) is 4.35. The van der Waals surface area contributed by atoms with E-state index < -0.39 is 8.32 Å². The van der Waals surface area contributed by atoms with Gasteiger partial charge in [-0.25, -0.2) is 0 Å². The van der Waals surface area contributed by atoms with E-state index in [1.807, 2.05) is 0 Å². The third-order valence-corrected chi connectivity index (χ3v) is 3.59. The van der Waals surface area contributed by atoms with Gasteiger partial charge >= 0.3 is 0 Å². The second kappa shape index (κ2) is 5.13. The maximum atomic E-state index is 6.37. The summed E-state index contributed by atoms with van der Waals surface area (Å²) in [5.74, 6) is 0. The lowest BCUT2D eigenvalue weighted by Gasteiger charge is -2.37. The van der Waals surface area contributed by atoms with Crippen LogP contribution in [-0.4, -0.2) is 13.9 Å². The van der Waals surface area contributed by atoms with Crippen LogP contribution >= 0.6 is 0 Å². The van der Waals surface area contributed by atoms with Crippen molar-refractivity contribution in [1.29, 1.82) is 0 Å². The van der Waals surface area contributed by atoms with Crippen LogP contribution in [0.4, 0.5) is 0 Å². The van der Waals surface area contributed by atoms with Crippen LogP contribution in [0, 0.1) is 0 Å². The molecular weight excluding hydrogens is 200 g/mol. The van der Waals surface area contributed by atoms with Gasteiger partial charge in [-0.1, -0.05) is 44.1 Å². The second-order valence-corrected chi connectivity index (χ2v) is 9.80. The highest BCUT2D eigenvalue weighted by Crippen LogP contribution is 2.31. The first-order valence-electron chi connectivity index (χ1n) is 6.02. The van der Waals surface area contributed by atoms with Gasteiger partial charge < -0.3 is 4.43 Å². The summed E-state index contributed by atoms with van der Waals surface area (Å²) in [4.78, 5) is 0. The van der Waals surface area contributed by atoms with Crippen molar-refractivity contribution >= 4 is 8.32 Å². The van der Waals surface area contributed by atoms with E-state index in [4.69, 9.17) is 4.43 Å². The molecule has 0 amide bonds. The fourth-order valence-electron chi connectivity index (χ4n) is 2.04. The van der Waals surface area contributed by atoms with Gasteiger partial charge in [0.05, 0.1) is 5.60 Å². The van der Waals surface area contributed by atoms with Crippen molar-refractivity contribution in [2.45, 2.75) is 57.8 Å². The van der Waals surface area contributed by atoms with Crippen molar-refractivity contribution < 1.29 is 4.43 Å². The normalized spacial score (nSPS) is 25.9. The second-order valence-electron chi connectivity index (χ2n) is 5.37. The van der Waals surface area contributed by atoms with Gasteiger partial charge in [-0.2, -0.15) is 0 Å². The van der Waals surface area contributed by atoms with E-state index >= 15 is 0 Å². The number of hydrogen-bond donors (Lipinski definition) is 0. The Morgan fingerprint density at radius 2 is 2.00 bits per heavy atom. The largest absolute Gasteiger partial charge is 0.408 e. The Morgan fingerprint density at radius 1 is 1.27 bits per heavy atom. The van der Waals surface area contributed by atoms with E-state index in [0.29, 0.717) is 0 Å². The minimum atomic E-state index is -1.45. The van der Waals surface area contributed by atoms with Crippen LogP contribution in [-0.2, 0) is 4.43 Å². The summed E-state index contributed by atoms with van der Waals surface area (Å²) >= 11 is 0. The lowest BCUT2D eigenvalue weighted by molar-refractivity contribution is 0.101. The Balaban J connectivity index is 2.68. The fourth-order valence-corrected chi connectivity index (χ4v) is 3.52. The van der Waals surface area contributed by atoms with Gasteiger partial charge in [0.15, 0.2) is 8.32 Å². The summed E-state index contributed by atoms with van der Waals surface area (Å²) in [7, 11) is -1.45. The van der Waals surface area contributed by atoms with E-state index in [1.54, 1.807) is 0 Å². The number of hydrogen-bond acceptors (Lipinski definition) is 1. The number of unbranched alkanes of at least 4 members (excludes halogenated alkanes) is 1. The molecule has 0 heterocycles. The van der Waals surface area contributed by atoms with Gasteiger partial charge in [0.1, 0.15) is 0 Å². The molecule has 0 bridgehead atoms. The molecule has 15 heavy (non-hydrogen) atoms. The summed E-state index contributed by atoms with van der Waals surface area (Å²) in [6, 6.07) is 0. The standard InChI is InChI=1S/C13H24OSi/c1-5-6-10-13(14-15(2,3)4)11-8-7-9-12-13/h7-9,11H,5-6,10,12H2,1-4H3. The molecule has 86 valence electrons. The van der Waals surface area contributed by atoms with E-state index in [-0.39, 0.29) is 5.60 Å². The molecule has 0 aliphatic heterocycles. The van der Waals surface area contributed by atoms with Crippen molar-refractivity contribution in [2.24, 2.45) is 0 Å². The molecule has 0 saturated heterocycles. The molecule has 0 fully saturated rings. The lowest BCUT2D eigenvalue weighted by atomic mass is 9.90. The average Bonchev–Trinajstić information content (AvgIpc) is 2.14. The van der Waals surface area contributed by atoms with Gasteiger partial charge in [0, 0.05) is 0 Å². The van der Waals surface area contributed by atoms with Crippen molar-refractivity contribution in [1.82, 2.24) is 0 Å². The molecule has 2 heteroatoms. The zero-order chi connectivity index (χ0) is 11.4. The molecule has 1 rings (SSSR count). The molecule has 1 atom stereocenters. The Morgan fingerprint density at radius 3 is 2.47 bits per heavy atom. The number of allylic oxidation sites excluding steroid dienone is 2. The summed E-state index contributed by atoms with van der Waals surface area (Å²) < 4.78 is 6.37. The first-order valence-corrected chi connectivity index (χ1v) is 9.43. The van der Waals surface area contributed by atoms with Crippen molar-refractivity contribution in [2.75, 3.05) is 0 Å². The molecule has 1 aliphatic carbocycles. The van der Waals surface area contributed by atoms with E-state index in [1.165, 1.54) is 12.8 Å². The maximum absolute atomic E-state index is 6.37. The number of rotatable bonds is 5. The smallest absolute Gasteiger partial charge is 0.184 e. The van der Waals surface area contributed by atoms with Crippen molar-refractivity contribution in [3.63, 3.8) is 0 Å². The SMILES string of the molecule is CCCCC1(O[Si](C)(C)C)C=CC=CC1. The van der Waals surface area contributed by atoms with Crippen LogP contribution in [0.3, 0.4) is 0 Å². The Hall–Kier alpha value is -0.343. The lowest BCUT2D eigenvalue weighted by Crippen LogP contribution is -2.41. The van der Waals surface area contributed by atoms with E-state index in [0.717, 1.165) is 12.8 Å². The monoisotopic (exact) mass is 224 g/mol. The maximum Gasteiger partial charge on any atom is 0.184 e. The summed E-state index contributed by atoms with van der Waals surface area (Å²) in [5, 5.41) is 0. The van der Waals surface area contributed by atoms with Gasteiger partial charge in [0.25, 0.3) is 0 Å². The van der Waals surface area contributed by atoms with E-state index in [9.17, 15) is 0 Å². The van der Waals surface area contributed by atoms with Crippen LogP contribution in [0.15, 0.2) is 24.3 Å². The van der Waals surface area contributed by atoms with Crippen molar-refractivity contribution in [3.8, 4) is 0 Å². The fraction of sp³-hybridized carbons (Fsp3) is 0.692. The Kier molecular flexibility index (Phi) is 4.35. The first kappa shape index (κ1) is 12.7. The molecular formula is C13H24OSi. The van der Waals surface area contributed by atoms with Crippen LogP contribution in [0.2, 0.25) is 19.6 Å². The van der Waals surface area contributed by atoms with Crippen LogP contribution < -0.4 is 0 Å². The highest BCUT2D eigenvalue weighted by atomic mass is 28.4. The average molecular weight is 224 g/mol. The molecule has 1 aliphatic rings. The molecule has 1 unspecified atom stereocenters. The van der Waals surface area contributed by atoms with Gasteiger partial charge in [-0.15, -0.1) is 0 Å². The highest BCUT2D eigenvalue weighted by molar-refractivity contribution is 6.69. The summed E-state index contributed by atoms with van der Waals surface area (Å²) in [5.41, 5.74) is 0.00916. The molecule has 0 N–H and O–H groups in total. The molecule has 0 aromatic heterocycles. The summed E-state index contributed by atoms with van der Waals surface area (Å²) in [6.45, 7) is 9.05. The molecule has 0 aromatic carbocycles. The molecule has 0 spiro atoms. The molecule has 0 saturated carbocycles. The predicted molar refractivity (Wildman–Crippen MR) is 69.6 cm³/mol. The molecule has 0 radical (unpaired) electrons. The van der Waals surface area contributed by atoms with Crippen molar-refractivity contribution in [3.05, 3.63) is 24.3 Å². The minimum absolute atomic E-state index is 0.00916. The van der Waals surface area contributed by atoms with Gasteiger partial charge in [-0.3, -0.25) is 0 Å². The zero-order valence-corrected chi connectivity index (χ0v) is 11.5. The quantitative estimate of drug-likeness (QED) is 0.633. The molecule has 1 nitrogen and oxygen atoms in total. The Labute approximate surface area is 95.4 Å².